The molecule has 1 aliphatic carbocycles. The number of hydrogen-bond acceptors (Lipinski definition) is 9. The van der Waals surface area contributed by atoms with Crippen molar-refractivity contribution in [3.05, 3.63) is 53.5 Å². The van der Waals surface area contributed by atoms with E-state index in [2.05, 4.69) is 30.1 Å². The number of aromatic nitrogens is 5. The van der Waals surface area contributed by atoms with Crippen molar-refractivity contribution in [3.8, 4) is 17.6 Å². The van der Waals surface area contributed by atoms with Gasteiger partial charge >= 0.3 is 6.36 Å². The lowest BCUT2D eigenvalue weighted by molar-refractivity contribution is -0.274. The normalized spacial score (nSPS) is 14.7. The summed E-state index contributed by atoms with van der Waals surface area (Å²) in [6.07, 6.45) is -1.34. The zero-order chi connectivity index (χ0) is 26.3. The molecule has 1 aromatic carbocycles. The first-order valence-electron chi connectivity index (χ1n) is 10.4. The minimum atomic E-state index is -5.09. The molecular weight excluding hydrogens is 503 g/mol. The van der Waals surface area contributed by atoms with Crippen LogP contribution in [-0.2, 0) is 9.84 Å². The average Bonchev–Trinajstić information content (AvgIpc) is 3.55. The van der Waals surface area contributed by atoms with Crippen LogP contribution >= 0.6 is 0 Å². The molecule has 2 heterocycles. The number of benzene rings is 1. The number of nitrogens with zero attached hydrogens (tertiary/aromatic N) is 6. The first-order chi connectivity index (χ1) is 16.8. The lowest BCUT2D eigenvalue weighted by Gasteiger charge is -2.16. The zero-order valence-corrected chi connectivity index (χ0v) is 19.6. The second kappa shape index (κ2) is 9.19. The van der Waals surface area contributed by atoms with Crippen LogP contribution in [-0.4, -0.2) is 51.7 Å². The molecule has 3 aromatic rings. The van der Waals surface area contributed by atoms with Crippen LogP contribution in [0.2, 0.25) is 0 Å². The third-order valence-corrected chi connectivity index (χ3v) is 6.21. The first kappa shape index (κ1) is 25.0. The van der Waals surface area contributed by atoms with E-state index in [1.165, 1.54) is 17.1 Å². The summed E-state index contributed by atoms with van der Waals surface area (Å²) in [5, 5.41) is 16.2. The Morgan fingerprint density at radius 2 is 1.97 bits per heavy atom. The van der Waals surface area contributed by atoms with Gasteiger partial charge in [0.2, 0.25) is 0 Å². The smallest absolute Gasteiger partial charge is 0.406 e. The summed E-state index contributed by atoms with van der Waals surface area (Å²) in [4.78, 5) is 24.9. The van der Waals surface area contributed by atoms with Crippen molar-refractivity contribution in [2.24, 2.45) is 0 Å². The van der Waals surface area contributed by atoms with E-state index in [0.29, 0.717) is 11.9 Å². The van der Waals surface area contributed by atoms with Gasteiger partial charge in [-0.3, -0.25) is 4.79 Å². The van der Waals surface area contributed by atoms with Crippen LogP contribution in [0.3, 0.4) is 0 Å². The van der Waals surface area contributed by atoms with Gasteiger partial charge in [-0.15, -0.1) is 18.3 Å². The van der Waals surface area contributed by atoms with Crippen molar-refractivity contribution in [2.75, 3.05) is 6.26 Å². The van der Waals surface area contributed by atoms with Crippen LogP contribution in [0, 0.1) is 11.3 Å². The summed E-state index contributed by atoms with van der Waals surface area (Å²) in [7, 11) is -3.96. The number of nitrogens with one attached hydrogen (secondary N) is 1. The van der Waals surface area contributed by atoms with Gasteiger partial charge in [-0.25, -0.2) is 23.4 Å². The number of hydrogen-bond donors (Lipinski definition) is 1. The molecule has 1 N–H and O–H groups in total. The maximum Gasteiger partial charge on any atom is 0.573 e. The predicted octanol–water partition coefficient (Wildman–Crippen LogP) is 2.60. The molecule has 4 rings (SSSR count). The molecule has 188 valence electrons. The molecule has 15 heteroatoms. The van der Waals surface area contributed by atoms with Gasteiger partial charge in [0.1, 0.15) is 23.8 Å². The highest BCUT2D eigenvalue weighted by Gasteiger charge is 2.33. The molecule has 1 amide bonds. The molecular formula is C21H18F3N7O4S. The van der Waals surface area contributed by atoms with Crippen LogP contribution in [0.25, 0.3) is 5.82 Å². The minimum absolute atomic E-state index is 0.0842. The molecule has 11 nitrogen and oxygen atoms in total. The van der Waals surface area contributed by atoms with E-state index in [1.807, 2.05) is 6.07 Å². The van der Waals surface area contributed by atoms with Crippen LogP contribution in [0.1, 0.15) is 59.4 Å². The zero-order valence-electron chi connectivity index (χ0n) is 18.8. The highest BCUT2D eigenvalue weighted by molar-refractivity contribution is 7.90. The Bertz CT molecular complexity index is 1480. The van der Waals surface area contributed by atoms with Gasteiger partial charge in [0.25, 0.3) is 5.91 Å². The maximum absolute atomic E-state index is 13.0. The summed E-state index contributed by atoms with van der Waals surface area (Å²) in [6, 6.07) is 4.86. The third-order valence-electron chi connectivity index (χ3n) is 5.11. The summed E-state index contributed by atoms with van der Waals surface area (Å²) in [6.45, 7) is 1.56. The number of alkyl halides is 3. The summed E-state index contributed by atoms with van der Waals surface area (Å²) < 4.78 is 67.4. The molecule has 0 spiro atoms. The van der Waals surface area contributed by atoms with Gasteiger partial charge in [0, 0.05) is 23.8 Å². The average molecular weight is 521 g/mol. The monoisotopic (exact) mass is 521 g/mol. The van der Waals surface area contributed by atoms with Gasteiger partial charge in [0.05, 0.1) is 10.9 Å². The van der Waals surface area contributed by atoms with Gasteiger partial charge in [0.15, 0.2) is 27.3 Å². The molecule has 1 aliphatic rings. The SMILES string of the molecule is C[C@H](NC(=O)c1cc(OC(F)(F)F)cc(S(C)(=O)=O)c1)c1nc(C2CC2)nn1-c1cc(C#N)ncn1. The fourth-order valence-electron chi connectivity index (χ4n) is 3.28. The Morgan fingerprint density at radius 3 is 2.58 bits per heavy atom. The largest absolute Gasteiger partial charge is 0.573 e. The van der Waals surface area contributed by atoms with Gasteiger partial charge in [-0.1, -0.05) is 0 Å². The number of ether oxygens (including phenoxy) is 1. The van der Waals surface area contributed by atoms with E-state index in [4.69, 9.17) is 5.26 Å². The standard InChI is InChI=1S/C21H18F3N7O4S/c1-11(19-29-18(12-3-4-12)30-31(19)17-7-14(9-25)26-10-27-17)28-20(32)13-5-15(35-21(22,23)24)8-16(6-13)36(2,33)34/h5-8,10-12H,3-4H2,1-2H3,(H,28,32)/t11-/m0/s1. The molecule has 0 unspecified atom stereocenters. The Balaban J connectivity index is 1.67. The quantitative estimate of drug-likeness (QED) is 0.494. The van der Waals surface area contributed by atoms with Crippen LogP contribution < -0.4 is 10.1 Å². The molecule has 2 aromatic heterocycles. The fourth-order valence-corrected chi connectivity index (χ4v) is 3.95. The van der Waals surface area contributed by atoms with E-state index in [9.17, 15) is 26.4 Å². The minimum Gasteiger partial charge on any atom is -0.406 e. The van der Waals surface area contributed by atoms with Crippen LogP contribution in [0.15, 0.2) is 35.5 Å². The number of sulfone groups is 1. The predicted molar refractivity (Wildman–Crippen MR) is 116 cm³/mol. The van der Waals surface area contributed by atoms with E-state index >= 15 is 0 Å². The summed E-state index contributed by atoms with van der Waals surface area (Å²) in [5.41, 5.74) is -0.285. The number of carbonyl (C=O) groups is 1. The van der Waals surface area contributed by atoms with Crippen molar-refractivity contribution >= 4 is 15.7 Å². The Hall–Kier alpha value is -4.06. The lowest BCUT2D eigenvalue weighted by atomic mass is 10.2. The van der Waals surface area contributed by atoms with Gasteiger partial charge in [-0.05, 0) is 38.0 Å². The molecule has 0 radical (unpaired) electrons. The second-order valence-electron chi connectivity index (χ2n) is 8.10. The molecule has 1 atom stereocenters. The summed E-state index contributed by atoms with van der Waals surface area (Å²) >= 11 is 0. The molecule has 0 aliphatic heterocycles. The van der Waals surface area contributed by atoms with E-state index in [1.54, 1.807) is 6.92 Å². The van der Waals surface area contributed by atoms with E-state index < -0.39 is 38.8 Å². The third kappa shape index (κ3) is 5.77. The van der Waals surface area contributed by atoms with Gasteiger partial charge in [-0.2, -0.15) is 9.94 Å². The Labute approximate surface area is 202 Å². The number of nitriles is 1. The number of rotatable bonds is 7. The molecule has 0 bridgehead atoms. The molecule has 1 fully saturated rings. The number of amides is 1. The highest BCUT2D eigenvalue weighted by Crippen LogP contribution is 2.38. The van der Waals surface area contributed by atoms with Crippen molar-refractivity contribution in [1.29, 1.82) is 5.26 Å². The summed E-state index contributed by atoms with van der Waals surface area (Å²) in [5.74, 6) is -0.590. The van der Waals surface area contributed by atoms with Crippen LogP contribution in [0.4, 0.5) is 13.2 Å². The van der Waals surface area contributed by atoms with Crippen LogP contribution in [0.5, 0.6) is 5.75 Å². The van der Waals surface area contributed by atoms with Crippen molar-refractivity contribution in [1.82, 2.24) is 30.0 Å². The van der Waals surface area contributed by atoms with Crippen molar-refractivity contribution in [2.45, 2.75) is 43.0 Å². The molecule has 36 heavy (non-hydrogen) atoms. The molecule has 0 saturated heterocycles. The topological polar surface area (TPSA) is 153 Å². The van der Waals surface area contributed by atoms with Crippen molar-refractivity contribution in [3.63, 3.8) is 0 Å². The van der Waals surface area contributed by atoms with Crippen molar-refractivity contribution < 1.29 is 31.1 Å². The number of halogens is 3. The van der Waals surface area contributed by atoms with E-state index in [-0.39, 0.29) is 28.8 Å². The maximum atomic E-state index is 13.0. The Morgan fingerprint density at radius 1 is 1.25 bits per heavy atom. The van der Waals surface area contributed by atoms with Gasteiger partial charge < -0.3 is 10.1 Å². The van der Waals surface area contributed by atoms with E-state index in [0.717, 1.165) is 31.2 Å². The fraction of sp³-hybridized carbons (Fsp3) is 0.333. The highest BCUT2D eigenvalue weighted by atomic mass is 32.2. The first-order valence-corrected chi connectivity index (χ1v) is 12.3. The second-order valence-corrected chi connectivity index (χ2v) is 10.1. The Kier molecular flexibility index (Phi) is 6.39. The lowest BCUT2D eigenvalue weighted by Crippen LogP contribution is -2.29. The molecule has 1 saturated carbocycles. The number of carbonyl (C=O) groups excluding carboxylic acids is 1.